The Kier molecular flexibility index (Phi) is 3.04. The van der Waals surface area contributed by atoms with Crippen LogP contribution in [0.2, 0.25) is 0 Å². The van der Waals surface area contributed by atoms with E-state index in [0.717, 1.165) is 29.7 Å². The van der Waals surface area contributed by atoms with E-state index < -0.39 is 0 Å². The van der Waals surface area contributed by atoms with Gasteiger partial charge in [0.1, 0.15) is 17.4 Å². The molecule has 0 amide bonds. The normalized spacial score (nSPS) is 25.1. The number of pyridine rings is 1. The smallest absolute Gasteiger partial charge is 0.282 e. The van der Waals surface area contributed by atoms with Gasteiger partial charge in [-0.15, -0.1) is 0 Å². The molecule has 2 aliphatic rings. The van der Waals surface area contributed by atoms with Crippen LogP contribution in [0, 0.1) is 0 Å². The molecule has 1 aromatic heterocycles. The lowest BCUT2D eigenvalue weighted by Gasteiger charge is -2.23. The Hall–Kier alpha value is -2.56. The van der Waals surface area contributed by atoms with Crippen molar-refractivity contribution < 1.29 is 9.47 Å². The molecule has 0 bridgehead atoms. The first-order chi connectivity index (χ1) is 11.1. The number of benzene rings is 1. The van der Waals surface area contributed by atoms with Gasteiger partial charge >= 0.3 is 0 Å². The van der Waals surface area contributed by atoms with Gasteiger partial charge in [-0.3, -0.25) is 4.98 Å². The molecule has 1 aromatic carbocycles. The fraction of sp³-hybridized carbons (Fsp3) is 0.333. The van der Waals surface area contributed by atoms with Crippen LogP contribution in [0.5, 0.6) is 5.75 Å². The number of aliphatic imine (C=N–C) groups is 1. The zero-order chi connectivity index (χ0) is 16.0. The molecule has 2 aromatic rings. The summed E-state index contributed by atoms with van der Waals surface area (Å²) in [5.41, 5.74) is 10.3. The van der Waals surface area contributed by atoms with E-state index in [1.165, 1.54) is 11.1 Å². The summed E-state index contributed by atoms with van der Waals surface area (Å²) >= 11 is 0. The van der Waals surface area contributed by atoms with Gasteiger partial charge in [-0.2, -0.15) is 0 Å². The van der Waals surface area contributed by atoms with Crippen LogP contribution in [-0.2, 0) is 17.6 Å². The number of hydrogen-bond acceptors (Lipinski definition) is 5. The highest BCUT2D eigenvalue weighted by Crippen LogP contribution is 2.44. The van der Waals surface area contributed by atoms with E-state index in [9.17, 15) is 0 Å². The molecule has 4 rings (SSSR count). The van der Waals surface area contributed by atoms with Crippen LogP contribution in [0.1, 0.15) is 18.1 Å². The molecule has 2 N–H and O–H groups in total. The summed E-state index contributed by atoms with van der Waals surface area (Å²) in [7, 11) is 1.68. The average Bonchev–Trinajstić information content (AvgIpc) is 3.06. The van der Waals surface area contributed by atoms with E-state index >= 15 is 0 Å². The molecule has 1 aliphatic heterocycles. The largest absolute Gasteiger partial charge is 0.496 e. The molecule has 5 nitrogen and oxygen atoms in total. The number of rotatable bonds is 2. The van der Waals surface area contributed by atoms with Gasteiger partial charge in [0, 0.05) is 30.8 Å². The van der Waals surface area contributed by atoms with Gasteiger partial charge in [0.15, 0.2) is 0 Å². The van der Waals surface area contributed by atoms with Gasteiger partial charge < -0.3 is 15.2 Å². The summed E-state index contributed by atoms with van der Waals surface area (Å²) in [5, 5.41) is 0. The van der Waals surface area contributed by atoms with E-state index in [4.69, 9.17) is 15.2 Å². The molecule has 2 atom stereocenters. The average molecular weight is 309 g/mol. The lowest BCUT2D eigenvalue weighted by molar-refractivity contribution is 0.157. The molecule has 23 heavy (non-hydrogen) atoms. The first-order valence-electron chi connectivity index (χ1n) is 7.74. The molecule has 1 spiro atoms. The van der Waals surface area contributed by atoms with Crippen LogP contribution in [-0.4, -0.2) is 29.8 Å². The standard InChI is InChI=1S/C18H19N3O2/c1-11-18(21-17(19)23-11)8-12-4-3-5-13(14(12)9-18)15-10-20-7-6-16(15)22-2/h3-7,10-11H,8-9H2,1-2H3,(H2,19,21). The lowest BCUT2D eigenvalue weighted by Crippen LogP contribution is -2.36. The summed E-state index contributed by atoms with van der Waals surface area (Å²) in [6, 6.07) is 8.54. The maximum Gasteiger partial charge on any atom is 0.282 e. The zero-order valence-corrected chi connectivity index (χ0v) is 13.2. The monoisotopic (exact) mass is 309 g/mol. The molecule has 0 saturated carbocycles. The third kappa shape index (κ3) is 2.07. The number of nitrogens with zero attached hydrogens (tertiary/aromatic N) is 2. The minimum absolute atomic E-state index is 0.0152. The first kappa shape index (κ1) is 14.1. The van der Waals surface area contributed by atoms with Gasteiger partial charge in [0.25, 0.3) is 6.02 Å². The van der Waals surface area contributed by atoms with E-state index in [0.29, 0.717) is 6.02 Å². The number of aromatic nitrogens is 1. The summed E-state index contributed by atoms with van der Waals surface area (Å²) < 4.78 is 11.1. The summed E-state index contributed by atoms with van der Waals surface area (Å²) in [4.78, 5) is 8.88. The summed E-state index contributed by atoms with van der Waals surface area (Å²) in [5.74, 6) is 0.827. The second kappa shape index (κ2) is 4.98. The Balaban J connectivity index is 1.83. The predicted molar refractivity (Wildman–Crippen MR) is 88.5 cm³/mol. The number of amidine groups is 1. The molecule has 1 aliphatic carbocycles. The van der Waals surface area contributed by atoms with Crippen LogP contribution in [0.15, 0.2) is 41.7 Å². The number of methoxy groups -OCH3 is 1. The fourth-order valence-corrected chi connectivity index (χ4v) is 3.72. The molecule has 0 saturated heterocycles. The topological polar surface area (TPSA) is 69.7 Å². The van der Waals surface area contributed by atoms with Crippen molar-refractivity contribution in [2.75, 3.05) is 7.11 Å². The van der Waals surface area contributed by atoms with Crippen LogP contribution >= 0.6 is 0 Å². The number of fused-ring (bicyclic) bond motifs is 1. The maximum absolute atomic E-state index is 5.81. The molecular weight excluding hydrogens is 290 g/mol. The molecule has 2 heterocycles. The minimum atomic E-state index is -0.280. The first-order valence-corrected chi connectivity index (χ1v) is 7.74. The van der Waals surface area contributed by atoms with Crippen molar-refractivity contribution in [3.05, 3.63) is 47.8 Å². The van der Waals surface area contributed by atoms with E-state index in [1.54, 1.807) is 13.3 Å². The third-order valence-corrected chi connectivity index (χ3v) is 4.93. The Morgan fingerprint density at radius 1 is 1.26 bits per heavy atom. The second-order valence-corrected chi connectivity index (χ2v) is 6.19. The highest BCUT2D eigenvalue weighted by Gasteiger charge is 2.48. The molecular formula is C18H19N3O2. The van der Waals surface area contributed by atoms with Crippen molar-refractivity contribution in [3.8, 4) is 16.9 Å². The highest BCUT2D eigenvalue weighted by atomic mass is 16.5. The quantitative estimate of drug-likeness (QED) is 0.924. The Bertz CT molecular complexity index is 803. The number of ether oxygens (including phenoxy) is 2. The number of nitrogens with two attached hydrogens (primary N) is 1. The summed E-state index contributed by atoms with van der Waals surface area (Å²) in [6.45, 7) is 2.04. The van der Waals surface area contributed by atoms with Gasteiger partial charge in [0.05, 0.1) is 7.11 Å². The molecule has 5 heteroatoms. The van der Waals surface area contributed by atoms with Gasteiger partial charge in [-0.25, -0.2) is 4.99 Å². The Labute approximate surface area is 135 Å². The molecule has 0 fully saturated rings. The molecule has 118 valence electrons. The molecule has 2 unspecified atom stereocenters. The van der Waals surface area contributed by atoms with Crippen molar-refractivity contribution in [3.63, 3.8) is 0 Å². The van der Waals surface area contributed by atoms with Crippen molar-refractivity contribution in [1.29, 1.82) is 0 Å². The van der Waals surface area contributed by atoms with Crippen molar-refractivity contribution in [2.45, 2.75) is 31.4 Å². The van der Waals surface area contributed by atoms with Crippen LogP contribution in [0.25, 0.3) is 11.1 Å². The van der Waals surface area contributed by atoms with Gasteiger partial charge in [-0.1, -0.05) is 18.2 Å². The van der Waals surface area contributed by atoms with Gasteiger partial charge in [0.2, 0.25) is 0 Å². The van der Waals surface area contributed by atoms with E-state index in [1.807, 2.05) is 19.2 Å². The van der Waals surface area contributed by atoms with Crippen molar-refractivity contribution in [2.24, 2.45) is 10.7 Å². The van der Waals surface area contributed by atoms with E-state index in [2.05, 4.69) is 28.2 Å². The van der Waals surface area contributed by atoms with Crippen molar-refractivity contribution in [1.82, 2.24) is 4.98 Å². The maximum atomic E-state index is 5.81. The van der Waals surface area contributed by atoms with Crippen LogP contribution in [0.4, 0.5) is 0 Å². The zero-order valence-electron chi connectivity index (χ0n) is 13.2. The van der Waals surface area contributed by atoms with E-state index in [-0.39, 0.29) is 11.6 Å². The van der Waals surface area contributed by atoms with Crippen LogP contribution < -0.4 is 10.5 Å². The Morgan fingerprint density at radius 3 is 2.87 bits per heavy atom. The highest BCUT2D eigenvalue weighted by molar-refractivity contribution is 5.77. The SMILES string of the molecule is COc1ccncc1-c1cccc2c1CC1(C2)N=C(N)OC1C. The predicted octanol–water partition coefficient (Wildman–Crippen LogP) is 2.33. The fourth-order valence-electron chi connectivity index (χ4n) is 3.72. The minimum Gasteiger partial charge on any atom is -0.496 e. The van der Waals surface area contributed by atoms with Gasteiger partial charge in [-0.05, 0) is 29.7 Å². The Morgan fingerprint density at radius 2 is 2.13 bits per heavy atom. The van der Waals surface area contributed by atoms with Crippen LogP contribution in [0.3, 0.4) is 0 Å². The second-order valence-electron chi connectivity index (χ2n) is 6.19. The molecule has 0 radical (unpaired) electrons. The lowest BCUT2D eigenvalue weighted by atomic mass is 9.90. The summed E-state index contributed by atoms with van der Waals surface area (Å²) in [6.07, 6.45) is 5.24. The third-order valence-electron chi connectivity index (χ3n) is 4.93. The number of hydrogen-bond donors (Lipinski definition) is 1. The van der Waals surface area contributed by atoms with Crippen molar-refractivity contribution >= 4 is 6.02 Å².